The normalized spacial score (nSPS) is 10.6. The van der Waals surface area contributed by atoms with Gasteiger partial charge in [-0.15, -0.1) is 5.10 Å². The highest BCUT2D eigenvalue weighted by atomic mass is 79.9. The van der Waals surface area contributed by atoms with Crippen molar-refractivity contribution < 1.29 is 9.53 Å². The van der Waals surface area contributed by atoms with Crippen LogP contribution in [0.4, 0.5) is 5.69 Å². The van der Waals surface area contributed by atoms with E-state index in [-0.39, 0.29) is 5.91 Å². The number of tetrazole rings is 1. The van der Waals surface area contributed by atoms with Gasteiger partial charge in [-0.05, 0) is 76.1 Å². The summed E-state index contributed by atoms with van der Waals surface area (Å²) in [5.74, 6) is 0.263. The van der Waals surface area contributed by atoms with E-state index in [4.69, 9.17) is 16.3 Å². The minimum Gasteiger partial charge on any atom is -0.491 e. The lowest BCUT2D eigenvalue weighted by molar-refractivity contribution is 0.102. The zero-order chi connectivity index (χ0) is 18.7. The summed E-state index contributed by atoms with van der Waals surface area (Å²) in [6.07, 6.45) is 1.50. The summed E-state index contributed by atoms with van der Waals surface area (Å²) in [6.45, 7) is 4.21. The maximum absolute atomic E-state index is 12.7. The van der Waals surface area contributed by atoms with Crippen molar-refractivity contribution in [3.8, 4) is 11.4 Å². The van der Waals surface area contributed by atoms with E-state index in [1.165, 1.54) is 11.0 Å². The number of nitrogens with zero attached hydrogens (tertiary/aromatic N) is 4. The molecule has 1 N–H and O–H groups in total. The number of aryl methyl sites for hydroxylation is 1. The van der Waals surface area contributed by atoms with Crippen LogP contribution in [0.1, 0.15) is 22.8 Å². The number of carbonyl (C=O) groups is 1. The fourth-order valence-electron chi connectivity index (χ4n) is 2.46. The predicted octanol–water partition coefficient (Wildman–Crippen LogP) is 4.04. The number of benzene rings is 2. The van der Waals surface area contributed by atoms with Crippen molar-refractivity contribution in [2.45, 2.75) is 13.8 Å². The van der Waals surface area contributed by atoms with E-state index in [0.29, 0.717) is 33.1 Å². The van der Waals surface area contributed by atoms with E-state index in [0.717, 1.165) is 11.3 Å². The molecular weight excluding hydrogens is 422 g/mol. The molecule has 0 bridgehead atoms. The van der Waals surface area contributed by atoms with Gasteiger partial charge in [0.1, 0.15) is 6.33 Å². The first-order valence-corrected chi connectivity index (χ1v) is 8.94. The van der Waals surface area contributed by atoms with Crippen molar-refractivity contribution in [2.24, 2.45) is 0 Å². The van der Waals surface area contributed by atoms with Crippen LogP contribution in [-0.2, 0) is 0 Å². The van der Waals surface area contributed by atoms with Crippen LogP contribution in [-0.4, -0.2) is 32.7 Å². The van der Waals surface area contributed by atoms with E-state index in [1.807, 2.05) is 13.8 Å². The molecule has 0 unspecified atom stereocenters. The molecule has 26 heavy (non-hydrogen) atoms. The SMILES string of the molecule is CCOc1c(Br)cc(Cl)cc1NC(=O)c1ccc(-n2cnnn2)c(C)c1. The third kappa shape index (κ3) is 3.86. The Morgan fingerprint density at radius 2 is 2.15 bits per heavy atom. The maximum Gasteiger partial charge on any atom is 0.255 e. The molecule has 0 saturated heterocycles. The lowest BCUT2D eigenvalue weighted by Crippen LogP contribution is -2.14. The number of anilines is 1. The highest BCUT2D eigenvalue weighted by Crippen LogP contribution is 2.37. The number of nitrogens with one attached hydrogen (secondary N) is 1. The summed E-state index contributed by atoms with van der Waals surface area (Å²) < 4.78 is 7.82. The Hall–Kier alpha value is -2.45. The number of amides is 1. The molecule has 7 nitrogen and oxygen atoms in total. The van der Waals surface area contributed by atoms with Gasteiger partial charge in [-0.25, -0.2) is 4.68 Å². The van der Waals surface area contributed by atoms with Gasteiger partial charge >= 0.3 is 0 Å². The molecule has 3 aromatic rings. The highest BCUT2D eigenvalue weighted by Gasteiger charge is 2.15. The monoisotopic (exact) mass is 435 g/mol. The fourth-order valence-corrected chi connectivity index (χ4v) is 3.39. The van der Waals surface area contributed by atoms with Crippen molar-refractivity contribution in [3.63, 3.8) is 0 Å². The van der Waals surface area contributed by atoms with Crippen LogP contribution >= 0.6 is 27.5 Å². The molecule has 0 spiro atoms. The average Bonchev–Trinajstić information content (AvgIpc) is 3.12. The molecule has 134 valence electrons. The number of carbonyl (C=O) groups excluding carboxylic acids is 1. The van der Waals surface area contributed by atoms with Gasteiger partial charge in [-0.3, -0.25) is 4.79 Å². The quantitative estimate of drug-likeness (QED) is 0.653. The predicted molar refractivity (Wildman–Crippen MR) is 102 cm³/mol. The van der Waals surface area contributed by atoms with Gasteiger partial charge in [-0.2, -0.15) is 0 Å². The third-order valence-electron chi connectivity index (χ3n) is 3.60. The number of halogens is 2. The lowest BCUT2D eigenvalue weighted by atomic mass is 10.1. The number of ether oxygens (including phenoxy) is 1. The number of hydrogen-bond donors (Lipinski definition) is 1. The third-order valence-corrected chi connectivity index (χ3v) is 4.41. The standard InChI is InChI=1S/C17H15BrClN5O2/c1-3-26-16-13(18)7-12(19)8-14(16)21-17(25)11-4-5-15(10(2)6-11)24-9-20-22-23-24/h4-9H,3H2,1-2H3,(H,21,25). The minimum absolute atomic E-state index is 0.272. The van der Waals surface area contributed by atoms with Gasteiger partial charge in [0.05, 0.1) is 22.5 Å². The van der Waals surface area contributed by atoms with Crippen molar-refractivity contribution in [1.29, 1.82) is 0 Å². The van der Waals surface area contributed by atoms with Crippen LogP contribution in [0.25, 0.3) is 5.69 Å². The second kappa shape index (κ2) is 7.84. The Morgan fingerprint density at radius 3 is 2.81 bits per heavy atom. The van der Waals surface area contributed by atoms with Crippen molar-refractivity contribution in [2.75, 3.05) is 11.9 Å². The summed E-state index contributed by atoms with van der Waals surface area (Å²) in [5.41, 5.74) is 2.66. The van der Waals surface area contributed by atoms with Gasteiger partial charge in [0.25, 0.3) is 5.91 Å². The number of aromatic nitrogens is 4. The molecule has 1 amide bonds. The summed E-state index contributed by atoms with van der Waals surface area (Å²) in [5, 5.41) is 14.4. The summed E-state index contributed by atoms with van der Waals surface area (Å²) >= 11 is 9.50. The molecule has 3 rings (SSSR count). The summed E-state index contributed by atoms with van der Waals surface area (Å²) in [7, 11) is 0. The van der Waals surface area contributed by atoms with E-state index in [9.17, 15) is 4.79 Å². The number of hydrogen-bond acceptors (Lipinski definition) is 5. The van der Waals surface area contributed by atoms with Gasteiger partial charge < -0.3 is 10.1 Å². The van der Waals surface area contributed by atoms with Crippen molar-refractivity contribution >= 4 is 39.1 Å². The van der Waals surface area contributed by atoms with Crippen molar-refractivity contribution in [1.82, 2.24) is 20.2 Å². The molecule has 2 aromatic carbocycles. The zero-order valence-electron chi connectivity index (χ0n) is 14.0. The molecule has 9 heteroatoms. The van der Waals surface area contributed by atoms with Gasteiger partial charge in [0.2, 0.25) is 0 Å². The lowest BCUT2D eigenvalue weighted by Gasteiger charge is -2.14. The smallest absolute Gasteiger partial charge is 0.255 e. The Morgan fingerprint density at radius 1 is 1.35 bits per heavy atom. The fraction of sp³-hybridized carbons (Fsp3) is 0.176. The first-order chi connectivity index (χ1) is 12.5. The zero-order valence-corrected chi connectivity index (χ0v) is 16.4. The average molecular weight is 437 g/mol. The van der Waals surface area contributed by atoms with Crippen LogP contribution in [0.15, 0.2) is 41.1 Å². The van der Waals surface area contributed by atoms with Crippen molar-refractivity contribution in [3.05, 3.63) is 57.3 Å². The first kappa shape index (κ1) is 18.3. The summed E-state index contributed by atoms with van der Waals surface area (Å²) in [6, 6.07) is 8.63. The second-order valence-corrected chi connectivity index (χ2v) is 6.70. The molecule has 0 aliphatic rings. The molecule has 0 aliphatic heterocycles. The van der Waals surface area contributed by atoms with Gasteiger partial charge in [0.15, 0.2) is 5.75 Å². The largest absolute Gasteiger partial charge is 0.491 e. The van der Waals surface area contributed by atoms with Gasteiger partial charge in [0, 0.05) is 10.6 Å². The van der Waals surface area contributed by atoms with E-state index >= 15 is 0 Å². The Balaban J connectivity index is 1.88. The van der Waals surface area contributed by atoms with E-state index in [1.54, 1.807) is 30.3 Å². The van der Waals surface area contributed by atoms with Crippen LogP contribution in [0.5, 0.6) is 5.75 Å². The number of rotatable bonds is 5. The molecule has 0 fully saturated rings. The Bertz CT molecular complexity index is 947. The topological polar surface area (TPSA) is 81.9 Å². The molecule has 1 aromatic heterocycles. The Labute approximate surface area is 163 Å². The second-order valence-electron chi connectivity index (χ2n) is 5.41. The van der Waals surface area contributed by atoms with Crippen LogP contribution in [0, 0.1) is 6.92 Å². The molecular formula is C17H15BrClN5O2. The van der Waals surface area contributed by atoms with Gasteiger partial charge in [-0.1, -0.05) is 11.6 Å². The van der Waals surface area contributed by atoms with Crippen LogP contribution in [0.2, 0.25) is 5.02 Å². The van der Waals surface area contributed by atoms with E-state index in [2.05, 4.69) is 36.8 Å². The molecule has 1 heterocycles. The minimum atomic E-state index is -0.272. The van der Waals surface area contributed by atoms with E-state index < -0.39 is 0 Å². The highest BCUT2D eigenvalue weighted by molar-refractivity contribution is 9.10. The van der Waals surface area contributed by atoms with Crippen LogP contribution in [0.3, 0.4) is 0 Å². The molecule has 0 radical (unpaired) electrons. The van der Waals surface area contributed by atoms with Crippen LogP contribution < -0.4 is 10.1 Å². The maximum atomic E-state index is 12.7. The molecule has 0 atom stereocenters. The first-order valence-electron chi connectivity index (χ1n) is 7.76. The summed E-state index contributed by atoms with van der Waals surface area (Å²) in [4.78, 5) is 12.7. The molecule has 0 saturated carbocycles. The molecule has 0 aliphatic carbocycles. The Kier molecular flexibility index (Phi) is 5.53.